The Morgan fingerprint density at radius 3 is 2.50 bits per heavy atom. The SMILES string of the molecule is NC1(CO)CCCC(N2CC3CCCC(C3)C2)C1. The zero-order valence-electron chi connectivity index (χ0n) is 11.5. The molecule has 0 aromatic heterocycles. The van der Waals surface area contributed by atoms with Crippen LogP contribution in [0.4, 0.5) is 0 Å². The number of rotatable bonds is 2. The minimum absolute atomic E-state index is 0.157. The van der Waals surface area contributed by atoms with E-state index in [0.29, 0.717) is 6.04 Å². The van der Waals surface area contributed by atoms with Gasteiger partial charge in [0.25, 0.3) is 0 Å². The van der Waals surface area contributed by atoms with E-state index in [4.69, 9.17) is 5.73 Å². The lowest BCUT2D eigenvalue weighted by molar-refractivity contribution is 0.0172. The molecule has 3 N–H and O–H groups in total. The first kappa shape index (κ1) is 12.9. The monoisotopic (exact) mass is 252 g/mol. The predicted molar refractivity (Wildman–Crippen MR) is 73.3 cm³/mol. The molecule has 2 aliphatic carbocycles. The molecule has 0 aromatic carbocycles. The first-order valence-electron chi connectivity index (χ1n) is 7.82. The van der Waals surface area contributed by atoms with Crippen LogP contribution in [0.2, 0.25) is 0 Å². The largest absolute Gasteiger partial charge is 0.394 e. The van der Waals surface area contributed by atoms with Gasteiger partial charge in [-0.3, -0.25) is 4.90 Å². The number of piperidine rings is 1. The van der Waals surface area contributed by atoms with E-state index >= 15 is 0 Å². The van der Waals surface area contributed by atoms with Gasteiger partial charge in [-0.15, -0.1) is 0 Å². The fraction of sp³-hybridized carbons (Fsp3) is 1.00. The van der Waals surface area contributed by atoms with E-state index in [0.717, 1.165) is 24.7 Å². The molecule has 4 atom stereocenters. The van der Waals surface area contributed by atoms with Crippen molar-refractivity contribution >= 4 is 0 Å². The fourth-order valence-electron chi connectivity index (χ4n) is 4.59. The Hall–Kier alpha value is -0.120. The molecule has 0 radical (unpaired) electrons. The minimum Gasteiger partial charge on any atom is -0.394 e. The first-order valence-corrected chi connectivity index (χ1v) is 7.82. The van der Waals surface area contributed by atoms with E-state index in [-0.39, 0.29) is 12.1 Å². The fourth-order valence-corrected chi connectivity index (χ4v) is 4.59. The summed E-state index contributed by atoms with van der Waals surface area (Å²) in [5.41, 5.74) is 6.00. The van der Waals surface area contributed by atoms with Crippen LogP contribution >= 0.6 is 0 Å². The Morgan fingerprint density at radius 1 is 1.11 bits per heavy atom. The molecular formula is C15H28N2O. The summed E-state index contributed by atoms with van der Waals surface area (Å²) in [5.74, 6) is 1.89. The molecule has 3 aliphatic rings. The maximum Gasteiger partial charge on any atom is 0.0611 e. The van der Waals surface area contributed by atoms with Gasteiger partial charge in [0.1, 0.15) is 0 Å². The third-order valence-electron chi connectivity index (χ3n) is 5.56. The number of aliphatic hydroxyl groups excluding tert-OH is 1. The van der Waals surface area contributed by atoms with Gasteiger partial charge in [0.15, 0.2) is 0 Å². The molecule has 3 nitrogen and oxygen atoms in total. The molecule has 2 saturated carbocycles. The molecule has 0 amide bonds. The Kier molecular flexibility index (Phi) is 3.65. The van der Waals surface area contributed by atoms with E-state index in [1.165, 1.54) is 51.6 Å². The maximum atomic E-state index is 9.48. The van der Waals surface area contributed by atoms with Gasteiger partial charge in [0, 0.05) is 24.7 Å². The van der Waals surface area contributed by atoms with Crippen molar-refractivity contribution in [3.05, 3.63) is 0 Å². The van der Waals surface area contributed by atoms with Crippen LogP contribution in [-0.2, 0) is 0 Å². The van der Waals surface area contributed by atoms with Crippen molar-refractivity contribution in [3.63, 3.8) is 0 Å². The van der Waals surface area contributed by atoms with Crippen molar-refractivity contribution in [2.45, 2.75) is 62.9 Å². The van der Waals surface area contributed by atoms with Crippen LogP contribution in [0.5, 0.6) is 0 Å². The average Bonchev–Trinajstić information content (AvgIpc) is 2.38. The van der Waals surface area contributed by atoms with E-state index in [1.807, 2.05) is 0 Å². The lowest BCUT2D eigenvalue weighted by Gasteiger charge is -2.48. The molecule has 4 unspecified atom stereocenters. The third-order valence-corrected chi connectivity index (χ3v) is 5.56. The quantitative estimate of drug-likeness (QED) is 0.787. The van der Waals surface area contributed by atoms with Gasteiger partial charge in [0.05, 0.1) is 6.61 Å². The second-order valence-electron chi connectivity index (χ2n) is 7.12. The summed E-state index contributed by atoms with van der Waals surface area (Å²) in [6, 6.07) is 0.638. The van der Waals surface area contributed by atoms with Crippen molar-refractivity contribution < 1.29 is 5.11 Å². The summed E-state index contributed by atoms with van der Waals surface area (Å²) >= 11 is 0. The molecule has 0 spiro atoms. The number of nitrogens with two attached hydrogens (primary N) is 1. The average molecular weight is 252 g/mol. The summed E-state index contributed by atoms with van der Waals surface area (Å²) in [4.78, 5) is 2.72. The van der Waals surface area contributed by atoms with Crippen LogP contribution in [0.3, 0.4) is 0 Å². The number of nitrogens with zero attached hydrogens (tertiary/aromatic N) is 1. The van der Waals surface area contributed by atoms with Crippen LogP contribution < -0.4 is 5.73 Å². The van der Waals surface area contributed by atoms with Gasteiger partial charge in [-0.2, -0.15) is 0 Å². The summed E-state index contributed by atoms with van der Waals surface area (Å²) < 4.78 is 0. The zero-order chi connectivity index (χ0) is 12.6. The van der Waals surface area contributed by atoms with Crippen LogP contribution in [0.15, 0.2) is 0 Å². The topological polar surface area (TPSA) is 49.5 Å². The Balaban J connectivity index is 1.64. The number of likely N-dealkylation sites (tertiary alicyclic amines) is 1. The van der Waals surface area contributed by atoms with Gasteiger partial charge in [-0.05, 0) is 56.8 Å². The Labute approximate surface area is 111 Å². The molecule has 1 saturated heterocycles. The summed E-state index contributed by atoms with van der Waals surface area (Å²) in [7, 11) is 0. The summed E-state index contributed by atoms with van der Waals surface area (Å²) in [6.45, 7) is 2.75. The van der Waals surface area contributed by atoms with Crippen molar-refractivity contribution in [3.8, 4) is 0 Å². The minimum atomic E-state index is -0.296. The van der Waals surface area contributed by atoms with Crippen molar-refractivity contribution in [1.29, 1.82) is 0 Å². The highest BCUT2D eigenvalue weighted by Gasteiger charge is 2.38. The molecule has 18 heavy (non-hydrogen) atoms. The predicted octanol–water partition coefficient (Wildman–Crippen LogP) is 1.74. The normalized spacial score (nSPS) is 46.0. The second-order valence-corrected chi connectivity index (χ2v) is 7.12. The molecule has 1 aliphatic heterocycles. The lowest BCUT2D eigenvalue weighted by Crippen LogP contribution is -2.56. The highest BCUT2D eigenvalue weighted by Crippen LogP contribution is 2.38. The summed E-state index contributed by atoms with van der Waals surface area (Å²) in [5, 5.41) is 9.48. The maximum absolute atomic E-state index is 9.48. The van der Waals surface area contributed by atoms with Crippen molar-refractivity contribution in [1.82, 2.24) is 4.90 Å². The third kappa shape index (κ3) is 2.59. The first-order chi connectivity index (χ1) is 8.68. The van der Waals surface area contributed by atoms with Crippen LogP contribution in [0.25, 0.3) is 0 Å². The molecule has 104 valence electrons. The highest BCUT2D eigenvalue weighted by molar-refractivity contribution is 4.96. The van der Waals surface area contributed by atoms with Crippen molar-refractivity contribution in [2.75, 3.05) is 19.7 Å². The lowest BCUT2D eigenvalue weighted by atomic mass is 9.75. The van der Waals surface area contributed by atoms with Gasteiger partial charge in [0.2, 0.25) is 0 Å². The van der Waals surface area contributed by atoms with E-state index in [2.05, 4.69) is 4.90 Å². The molecule has 1 heterocycles. The van der Waals surface area contributed by atoms with Crippen LogP contribution in [0, 0.1) is 11.8 Å². The summed E-state index contributed by atoms with van der Waals surface area (Å²) in [6.07, 6.45) is 10.3. The Bertz CT molecular complexity index is 284. The smallest absolute Gasteiger partial charge is 0.0611 e. The molecule has 3 heteroatoms. The molecule has 2 bridgehead atoms. The standard InChI is InChI=1S/C15H28N2O/c16-15(11-18)6-2-5-14(8-15)17-9-12-3-1-4-13(7-12)10-17/h12-14,18H,1-11,16H2. The molecule has 3 fully saturated rings. The number of aliphatic hydroxyl groups is 1. The van der Waals surface area contributed by atoms with Gasteiger partial charge in [-0.1, -0.05) is 6.42 Å². The highest BCUT2D eigenvalue weighted by atomic mass is 16.3. The second kappa shape index (κ2) is 5.10. The number of fused-ring (bicyclic) bond motifs is 2. The van der Waals surface area contributed by atoms with Crippen LogP contribution in [0.1, 0.15) is 51.4 Å². The van der Waals surface area contributed by atoms with E-state index < -0.39 is 0 Å². The van der Waals surface area contributed by atoms with Crippen molar-refractivity contribution in [2.24, 2.45) is 17.6 Å². The van der Waals surface area contributed by atoms with E-state index in [9.17, 15) is 5.11 Å². The number of hydrogen-bond acceptors (Lipinski definition) is 3. The van der Waals surface area contributed by atoms with E-state index in [1.54, 1.807) is 0 Å². The van der Waals surface area contributed by atoms with Gasteiger partial charge < -0.3 is 10.8 Å². The van der Waals surface area contributed by atoms with Gasteiger partial charge >= 0.3 is 0 Å². The van der Waals surface area contributed by atoms with Gasteiger partial charge in [-0.25, -0.2) is 0 Å². The van der Waals surface area contributed by atoms with Crippen LogP contribution in [-0.4, -0.2) is 41.3 Å². The molecular weight excluding hydrogens is 224 g/mol. The Morgan fingerprint density at radius 2 is 1.83 bits per heavy atom. The molecule has 0 aromatic rings. The number of hydrogen-bond donors (Lipinski definition) is 2. The zero-order valence-corrected chi connectivity index (χ0v) is 11.5. The molecule has 3 rings (SSSR count).